The van der Waals surface area contributed by atoms with Crippen LogP contribution in [0.5, 0.6) is 0 Å². The van der Waals surface area contributed by atoms with Crippen LogP contribution < -0.4 is 0 Å². The Morgan fingerprint density at radius 1 is 1.00 bits per heavy atom. The van der Waals surface area contributed by atoms with Crippen molar-refractivity contribution in [1.82, 2.24) is 5.01 Å². The van der Waals surface area contributed by atoms with Crippen LogP contribution in [-0.4, -0.2) is 46.9 Å². The Labute approximate surface area is 155 Å². The van der Waals surface area contributed by atoms with Gasteiger partial charge in [0, 0.05) is 13.1 Å². The topological polar surface area (TPSA) is 35.8 Å². The minimum Gasteiger partial charge on any atom is -0.373 e. The standard InChI is InChI=1S/C18H26F6N2O/c1-12-10-13(25-26-8-6-4-5-7-9-26)14(15(2,3)11-12)16(27,17(19,20)21)18(22,23)24/h10,14,27H,4-9,11H2,1-3H3. The Bertz CT molecular complexity index is 584. The largest absolute Gasteiger partial charge is 0.426 e. The molecule has 1 N–H and O–H groups in total. The van der Waals surface area contributed by atoms with Crippen molar-refractivity contribution in [3.8, 4) is 0 Å². The number of hydrogen-bond donors (Lipinski definition) is 1. The molecule has 0 aromatic heterocycles. The lowest BCUT2D eigenvalue weighted by Crippen LogP contribution is -2.67. The van der Waals surface area contributed by atoms with Crippen molar-refractivity contribution in [3.63, 3.8) is 0 Å². The van der Waals surface area contributed by atoms with Crippen LogP contribution in [0.2, 0.25) is 0 Å². The van der Waals surface area contributed by atoms with Crippen molar-refractivity contribution in [3.05, 3.63) is 11.6 Å². The van der Waals surface area contributed by atoms with E-state index in [0.29, 0.717) is 18.7 Å². The number of rotatable bonds is 2. The quantitative estimate of drug-likeness (QED) is 0.658. The maximum absolute atomic E-state index is 13.6. The van der Waals surface area contributed by atoms with E-state index >= 15 is 0 Å². The molecule has 1 fully saturated rings. The predicted octanol–water partition coefficient (Wildman–Crippen LogP) is 5.07. The molecular formula is C18H26F6N2O. The number of allylic oxidation sites excluding steroid dienone is 2. The molecule has 0 aromatic carbocycles. The summed E-state index contributed by atoms with van der Waals surface area (Å²) in [6, 6.07) is 0. The summed E-state index contributed by atoms with van der Waals surface area (Å²) >= 11 is 0. The maximum atomic E-state index is 13.6. The third-order valence-corrected chi connectivity index (χ3v) is 5.33. The van der Waals surface area contributed by atoms with E-state index in [2.05, 4.69) is 5.10 Å². The van der Waals surface area contributed by atoms with Gasteiger partial charge >= 0.3 is 12.4 Å². The second kappa shape index (κ2) is 7.29. The number of hydrazone groups is 1. The van der Waals surface area contributed by atoms with E-state index in [1.165, 1.54) is 24.9 Å². The summed E-state index contributed by atoms with van der Waals surface area (Å²) in [7, 11) is 0. The van der Waals surface area contributed by atoms with E-state index in [0.717, 1.165) is 25.7 Å². The van der Waals surface area contributed by atoms with E-state index in [-0.39, 0.29) is 12.1 Å². The molecule has 2 aliphatic rings. The highest BCUT2D eigenvalue weighted by Crippen LogP contribution is 2.56. The summed E-state index contributed by atoms with van der Waals surface area (Å²) in [4.78, 5) is 0. The first-order valence-corrected chi connectivity index (χ1v) is 9.06. The summed E-state index contributed by atoms with van der Waals surface area (Å²) in [5, 5.41) is 15.8. The van der Waals surface area contributed by atoms with Crippen LogP contribution in [0, 0.1) is 11.3 Å². The average molecular weight is 400 g/mol. The van der Waals surface area contributed by atoms with E-state index in [1.54, 1.807) is 6.92 Å². The summed E-state index contributed by atoms with van der Waals surface area (Å²) < 4.78 is 81.5. The number of aliphatic hydroxyl groups is 1. The Balaban J connectivity index is 2.62. The molecule has 1 unspecified atom stereocenters. The van der Waals surface area contributed by atoms with Crippen molar-refractivity contribution < 1.29 is 31.4 Å². The van der Waals surface area contributed by atoms with Crippen LogP contribution in [0.1, 0.15) is 52.9 Å². The molecule has 0 aromatic rings. The number of alkyl halides is 6. The normalized spacial score (nSPS) is 26.7. The van der Waals surface area contributed by atoms with Gasteiger partial charge in [-0.3, -0.25) is 5.01 Å². The fourth-order valence-electron chi connectivity index (χ4n) is 4.28. The Morgan fingerprint density at radius 3 is 1.93 bits per heavy atom. The van der Waals surface area contributed by atoms with Crippen LogP contribution in [0.15, 0.2) is 16.8 Å². The summed E-state index contributed by atoms with van der Waals surface area (Å²) in [5.74, 6) is -2.25. The minimum atomic E-state index is -5.88. The van der Waals surface area contributed by atoms with Crippen molar-refractivity contribution in [2.24, 2.45) is 16.4 Å². The van der Waals surface area contributed by atoms with Crippen LogP contribution in [-0.2, 0) is 0 Å². The van der Waals surface area contributed by atoms with Crippen molar-refractivity contribution >= 4 is 5.71 Å². The van der Waals surface area contributed by atoms with Gasteiger partial charge in [-0.05, 0) is 37.7 Å². The van der Waals surface area contributed by atoms with E-state index < -0.39 is 29.3 Å². The first kappa shape index (κ1) is 22.0. The van der Waals surface area contributed by atoms with Gasteiger partial charge in [-0.2, -0.15) is 31.4 Å². The fraction of sp³-hybridized carbons (Fsp3) is 0.833. The predicted molar refractivity (Wildman–Crippen MR) is 90.2 cm³/mol. The number of hydrogen-bond acceptors (Lipinski definition) is 3. The van der Waals surface area contributed by atoms with Crippen LogP contribution >= 0.6 is 0 Å². The lowest BCUT2D eigenvalue weighted by Gasteiger charge is -2.48. The second-order valence-corrected chi connectivity index (χ2v) is 8.24. The highest BCUT2D eigenvalue weighted by Gasteiger charge is 2.76. The van der Waals surface area contributed by atoms with Gasteiger partial charge in [0.1, 0.15) is 0 Å². The summed E-state index contributed by atoms with van der Waals surface area (Å²) in [5.41, 5.74) is -6.08. The second-order valence-electron chi connectivity index (χ2n) is 8.24. The molecule has 0 radical (unpaired) electrons. The van der Waals surface area contributed by atoms with Crippen molar-refractivity contribution in [2.45, 2.75) is 70.8 Å². The van der Waals surface area contributed by atoms with Gasteiger partial charge in [0.2, 0.25) is 0 Å². The Morgan fingerprint density at radius 2 is 1.48 bits per heavy atom. The molecule has 0 amide bonds. The third-order valence-electron chi connectivity index (χ3n) is 5.33. The first-order valence-electron chi connectivity index (χ1n) is 9.06. The maximum Gasteiger partial charge on any atom is 0.426 e. The number of nitrogens with zero attached hydrogens (tertiary/aromatic N) is 2. The van der Waals surface area contributed by atoms with E-state index in [9.17, 15) is 31.4 Å². The molecule has 1 heterocycles. The average Bonchev–Trinajstić information content (AvgIpc) is 2.71. The van der Waals surface area contributed by atoms with Gasteiger partial charge in [0.05, 0.1) is 11.6 Å². The van der Waals surface area contributed by atoms with Crippen LogP contribution in [0.3, 0.4) is 0 Å². The molecule has 2 rings (SSSR count). The van der Waals surface area contributed by atoms with Gasteiger partial charge < -0.3 is 5.11 Å². The molecule has 0 spiro atoms. The SMILES string of the molecule is CC1=CC(=NN2CCCCCC2)C(C(O)(C(F)(F)F)C(F)(F)F)C(C)(C)C1. The molecule has 1 saturated heterocycles. The van der Waals surface area contributed by atoms with Gasteiger partial charge in [-0.15, -0.1) is 0 Å². The minimum absolute atomic E-state index is 0.00512. The van der Waals surface area contributed by atoms with Crippen LogP contribution in [0.25, 0.3) is 0 Å². The summed E-state index contributed by atoms with van der Waals surface area (Å²) in [6.45, 7) is 5.22. The molecule has 1 aliphatic carbocycles. The highest BCUT2D eigenvalue weighted by atomic mass is 19.4. The molecule has 1 aliphatic heterocycles. The molecule has 1 atom stereocenters. The number of halogens is 6. The Kier molecular flexibility index (Phi) is 5.95. The zero-order chi connectivity index (χ0) is 20.7. The zero-order valence-electron chi connectivity index (χ0n) is 15.7. The fourth-order valence-corrected chi connectivity index (χ4v) is 4.28. The molecule has 3 nitrogen and oxygen atoms in total. The smallest absolute Gasteiger partial charge is 0.373 e. The molecule has 156 valence electrons. The van der Waals surface area contributed by atoms with E-state index in [4.69, 9.17) is 0 Å². The van der Waals surface area contributed by atoms with Gasteiger partial charge in [-0.1, -0.05) is 32.3 Å². The summed E-state index contributed by atoms with van der Waals surface area (Å²) in [6.07, 6.45) is -7.06. The molecular weight excluding hydrogens is 374 g/mol. The third kappa shape index (κ3) is 4.27. The zero-order valence-corrected chi connectivity index (χ0v) is 15.7. The monoisotopic (exact) mass is 400 g/mol. The van der Waals surface area contributed by atoms with Crippen LogP contribution in [0.4, 0.5) is 26.3 Å². The highest BCUT2D eigenvalue weighted by molar-refractivity contribution is 5.99. The molecule has 9 heteroatoms. The van der Waals surface area contributed by atoms with Crippen molar-refractivity contribution in [2.75, 3.05) is 13.1 Å². The molecule has 0 saturated carbocycles. The lowest BCUT2D eigenvalue weighted by atomic mass is 9.61. The van der Waals surface area contributed by atoms with Crippen molar-refractivity contribution in [1.29, 1.82) is 0 Å². The van der Waals surface area contributed by atoms with E-state index in [1.807, 2.05) is 0 Å². The van der Waals surface area contributed by atoms with Gasteiger partial charge in [-0.25, -0.2) is 0 Å². The lowest BCUT2D eigenvalue weighted by molar-refractivity contribution is -0.385. The molecule has 27 heavy (non-hydrogen) atoms. The first-order chi connectivity index (χ1) is 12.2. The molecule has 0 bridgehead atoms. The van der Waals surface area contributed by atoms with Gasteiger partial charge in [0.25, 0.3) is 5.60 Å². The Hall–Kier alpha value is -1.25. The van der Waals surface area contributed by atoms with Gasteiger partial charge in [0.15, 0.2) is 0 Å².